The monoisotopic (exact) mass is 668 g/mol. The van der Waals surface area contributed by atoms with Gasteiger partial charge >= 0.3 is 17.7 Å². The van der Waals surface area contributed by atoms with Crippen molar-refractivity contribution >= 4 is 11.9 Å². The molecule has 0 saturated heterocycles. The van der Waals surface area contributed by atoms with Gasteiger partial charge in [0.25, 0.3) is 0 Å². The maximum Gasteiger partial charge on any atom is 0.370 e. The van der Waals surface area contributed by atoms with Crippen molar-refractivity contribution in [3.63, 3.8) is 0 Å². The maximum atomic E-state index is 10.9. The highest BCUT2D eigenvalue weighted by Crippen LogP contribution is 2.60. The first-order valence-electron chi connectivity index (χ1n) is 18.5. The molecule has 4 aliphatic rings. The molecule has 0 bridgehead atoms. The van der Waals surface area contributed by atoms with E-state index in [0.717, 1.165) is 62.7 Å². The summed E-state index contributed by atoms with van der Waals surface area (Å²) in [5.74, 6) is -5.82. The molecule has 8 nitrogen and oxygen atoms in total. The summed E-state index contributed by atoms with van der Waals surface area (Å²) >= 11 is 0. The Labute approximate surface area is 287 Å². The van der Waals surface area contributed by atoms with E-state index < -0.39 is 29.9 Å². The van der Waals surface area contributed by atoms with E-state index >= 15 is 0 Å². The Morgan fingerprint density at radius 3 is 2.44 bits per heavy atom. The van der Waals surface area contributed by atoms with Crippen LogP contribution in [0.15, 0.2) is 48.6 Å². The van der Waals surface area contributed by atoms with E-state index in [2.05, 4.69) is 50.3 Å². The van der Waals surface area contributed by atoms with Gasteiger partial charge in [0, 0.05) is 12.8 Å². The summed E-state index contributed by atoms with van der Waals surface area (Å²) in [6.45, 7) is 4.64. The molecular formula is C40H60O8. The maximum absolute atomic E-state index is 10.9. The molecule has 6 N–H and O–H groups in total. The fourth-order valence-corrected chi connectivity index (χ4v) is 9.57. The van der Waals surface area contributed by atoms with Crippen LogP contribution in [-0.2, 0) is 16.0 Å². The number of aliphatic carboxylic acids is 2. The molecule has 268 valence electrons. The van der Waals surface area contributed by atoms with Crippen LogP contribution in [0, 0.1) is 35.0 Å². The van der Waals surface area contributed by atoms with E-state index in [4.69, 9.17) is 10.2 Å². The summed E-state index contributed by atoms with van der Waals surface area (Å²) < 4.78 is 0. The summed E-state index contributed by atoms with van der Waals surface area (Å²) in [6.07, 6.45) is 24.6. The molecule has 0 spiro atoms. The van der Waals surface area contributed by atoms with Gasteiger partial charge in [-0.15, -0.1) is 0 Å². The van der Waals surface area contributed by atoms with Crippen LogP contribution in [-0.4, -0.2) is 54.2 Å². The van der Waals surface area contributed by atoms with Crippen LogP contribution in [0.1, 0.15) is 134 Å². The molecule has 3 saturated carbocycles. The van der Waals surface area contributed by atoms with Gasteiger partial charge in [-0.25, -0.2) is 4.79 Å². The topological polar surface area (TPSA) is 156 Å². The fourth-order valence-electron chi connectivity index (χ4n) is 9.57. The minimum absolute atomic E-state index is 0.202. The highest BCUT2D eigenvalue weighted by atomic mass is 16.6. The number of aliphatic hydroxyl groups is 4. The number of hydrogen-bond donors (Lipinski definition) is 6. The Balaban J connectivity index is 0.000000241. The van der Waals surface area contributed by atoms with Crippen molar-refractivity contribution < 1.29 is 40.2 Å². The zero-order valence-electron chi connectivity index (χ0n) is 29.1. The van der Waals surface area contributed by atoms with Crippen LogP contribution in [0.3, 0.4) is 0 Å². The number of benzene rings is 1. The molecule has 1 aromatic carbocycles. The zero-order valence-corrected chi connectivity index (χ0v) is 29.1. The molecule has 0 heterocycles. The number of rotatable bonds is 14. The quantitative estimate of drug-likeness (QED) is 0.0888. The lowest BCUT2D eigenvalue weighted by atomic mass is 9.56. The molecule has 8 heteroatoms. The minimum Gasteiger partial charge on any atom is -0.481 e. The van der Waals surface area contributed by atoms with Gasteiger partial charge in [-0.3, -0.25) is 4.79 Å². The third kappa shape index (κ3) is 9.38. The Bertz CT molecular complexity index is 1270. The van der Waals surface area contributed by atoms with E-state index in [1.54, 1.807) is 17.2 Å². The number of allylic oxidation sites excluding steroid dienone is 3. The average molecular weight is 669 g/mol. The van der Waals surface area contributed by atoms with Gasteiger partial charge in [0.15, 0.2) is 0 Å². The molecule has 3 fully saturated rings. The predicted molar refractivity (Wildman–Crippen MR) is 186 cm³/mol. The number of hydrogen-bond acceptors (Lipinski definition) is 6. The van der Waals surface area contributed by atoms with Gasteiger partial charge < -0.3 is 30.6 Å². The van der Waals surface area contributed by atoms with Crippen LogP contribution >= 0.6 is 0 Å². The van der Waals surface area contributed by atoms with Crippen molar-refractivity contribution in [1.29, 1.82) is 0 Å². The van der Waals surface area contributed by atoms with E-state index in [0.29, 0.717) is 23.7 Å². The van der Waals surface area contributed by atoms with E-state index in [-0.39, 0.29) is 12.3 Å². The van der Waals surface area contributed by atoms with Gasteiger partial charge in [-0.1, -0.05) is 88.1 Å². The summed E-state index contributed by atoms with van der Waals surface area (Å²) in [7, 11) is 0. The molecule has 7 atom stereocenters. The molecule has 1 unspecified atom stereocenters. The van der Waals surface area contributed by atoms with Gasteiger partial charge in [0.1, 0.15) is 0 Å². The number of carboxylic acid groups (broad SMARTS) is 2. The molecule has 0 amide bonds. The van der Waals surface area contributed by atoms with Crippen molar-refractivity contribution in [3.8, 4) is 0 Å². The number of carbonyl (C=O) groups is 2. The first-order valence-corrected chi connectivity index (χ1v) is 18.5. The SMILES string of the molecule is CCCC(CC/C=C/[C@H]1CCC[C@@H]1C/C=C\CC(O)(O)C(O)(O)C(=O)O)CC(=O)O.C[C@@]12CCC[C@H]1[C@@H]1CCc3ccccc3[C@H]1CC2. The van der Waals surface area contributed by atoms with Crippen molar-refractivity contribution in [2.75, 3.05) is 0 Å². The second-order valence-corrected chi connectivity index (χ2v) is 15.5. The third-order valence-corrected chi connectivity index (χ3v) is 12.3. The highest BCUT2D eigenvalue weighted by molar-refractivity contribution is 5.76. The molecular weight excluding hydrogens is 608 g/mol. The first-order chi connectivity index (χ1) is 22.8. The summed E-state index contributed by atoms with van der Waals surface area (Å²) in [5, 5.41) is 55.5. The smallest absolute Gasteiger partial charge is 0.370 e. The minimum atomic E-state index is -3.65. The predicted octanol–water partition coefficient (Wildman–Crippen LogP) is 7.35. The van der Waals surface area contributed by atoms with Crippen LogP contribution in [0.25, 0.3) is 0 Å². The largest absolute Gasteiger partial charge is 0.481 e. The van der Waals surface area contributed by atoms with E-state index in [9.17, 15) is 30.0 Å². The molecule has 48 heavy (non-hydrogen) atoms. The Morgan fingerprint density at radius 2 is 1.71 bits per heavy atom. The summed E-state index contributed by atoms with van der Waals surface area (Å²) in [4.78, 5) is 21.7. The average Bonchev–Trinajstić information content (AvgIpc) is 3.67. The van der Waals surface area contributed by atoms with Gasteiger partial charge in [-0.2, -0.15) is 0 Å². The second-order valence-electron chi connectivity index (χ2n) is 15.5. The third-order valence-electron chi connectivity index (χ3n) is 12.3. The van der Waals surface area contributed by atoms with Gasteiger partial charge in [0.2, 0.25) is 5.79 Å². The lowest BCUT2D eigenvalue weighted by molar-refractivity contribution is -0.342. The van der Waals surface area contributed by atoms with Crippen LogP contribution in [0.4, 0.5) is 0 Å². The van der Waals surface area contributed by atoms with Crippen LogP contribution in [0.2, 0.25) is 0 Å². The summed E-state index contributed by atoms with van der Waals surface area (Å²) in [6, 6.07) is 9.27. The van der Waals surface area contributed by atoms with Crippen molar-refractivity contribution in [2.45, 2.75) is 140 Å². The molecule has 1 aromatic rings. The Morgan fingerprint density at radius 1 is 0.938 bits per heavy atom. The van der Waals surface area contributed by atoms with Crippen molar-refractivity contribution in [1.82, 2.24) is 0 Å². The zero-order chi connectivity index (χ0) is 35.0. The van der Waals surface area contributed by atoms with Crippen LogP contribution in [0.5, 0.6) is 0 Å². The number of aryl methyl sites for hydroxylation is 1. The van der Waals surface area contributed by atoms with E-state index in [1.807, 2.05) is 0 Å². The second kappa shape index (κ2) is 16.9. The standard InChI is InChI=1S/C22H36O8.C18H24/c1-2-8-16(15-19(23)24)9-3-4-10-17-12-7-13-18(17)11-5-6-14-21(27,28)22(29,30)20(25)26;1-18-11-4-7-17(18)16-9-8-13-5-2-3-6-14(13)15(16)10-12-18/h4-6,10,16-18,27-30H,2-3,7-9,11-15H2,1H3,(H,23,24)(H,25,26);2-3,5-6,15-17H,4,7-12H2,1H3/b6-5-,10-4+;/t16?,17-,18-;15-,16-,17+,18+/m01/s1. The number of fused-ring (bicyclic) bond motifs is 5. The molecule has 5 rings (SSSR count). The summed E-state index contributed by atoms with van der Waals surface area (Å²) in [5.41, 5.74) is 4.07. The lowest BCUT2D eigenvalue weighted by Gasteiger charge is -2.49. The highest BCUT2D eigenvalue weighted by Gasteiger charge is 2.53. The normalized spacial score (nSPS) is 29.2. The van der Waals surface area contributed by atoms with Crippen molar-refractivity contribution in [2.24, 2.45) is 35.0 Å². The molecule has 0 aliphatic heterocycles. The van der Waals surface area contributed by atoms with Gasteiger partial charge in [0.05, 0.1) is 0 Å². The molecule has 0 aromatic heterocycles. The molecule has 4 aliphatic carbocycles. The van der Waals surface area contributed by atoms with Crippen LogP contribution < -0.4 is 0 Å². The van der Waals surface area contributed by atoms with Crippen molar-refractivity contribution in [3.05, 3.63) is 59.7 Å². The number of carboxylic acids is 2. The van der Waals surface area contributed by atoms with Gasteiger partial charge in [-0.05, 0) is 123 Å². The first kappa shape index (κ1) is 38.3. The molecule has 0 radical (unpaired) electrons. The Kier molecular flexibility index (Phi) is 13.5. The van der Waals surface area contributed by atoms with E-state index in [1.165, 1.54) is 51.0 Å². The fraction of sp³-hybridized carbons (Fsp3) is 0.700. The Hall–Kier alpha value is -2.52. The lowest BCUT2D eigenvalue weighted by Crippen LogP contribution is -2.59.